The van der Waals surface area contributed by atoms with Gasteiger partial charge in [-0.25, -0.2) is 0 Å². The molecule has 0 atom stereocenters. The molecule has 1 heterocycles. The van der Waals surface area contributed by atoms with E-state index in [2.05, 4.69) is 0 Å². The molecular formula is C18H14N2O3S. The van der Waals surface area contributed by atoms with E-state index in [0.717, 1.165) is 22.3 Å². The van der Waals surface area contributed by atoms with Gasteiger partial charge < -0.3 is 5.73 Å². The standard InChI is InChI=1S/C18H14N2O3S/c1-11-4-2-3-5-14(11)18-17(19)16(15(10-21)24-18)12-6-8-13(9-7-12)20(22)23/h2-10H,19H2,1H3. The molecule has 2 aromatic carbocycles. The number of nitrogen functional groups attached to an aromatic ring is 1. The summed E-state index contributed by atoms with van der Waals surface area (Å²) in [7, 11) is 0. The molecule has 0 saturated heterocycles. The number of hydrogen-bond donors (Lipinski definition) is 1. The Hall–Kier alpha value is -2.99. The average molecular weight is 338 g/mol. The molecule has 0 aliphatic rings. The van der Waals surface area contributed by atoms with E-state index in [9.17, 15) is 14.9 Å². The third kappa shape index (κ3) is 2.68. The van der Waals surface area contributed by atoms with E-state index in [0.29, 0.717) is 21.7 Å². The summed E-state index contributed by atoms with van der Waals surface area (Å²) in [6, 6.07) is 13.9. The van der Waals surface area contributed by atoms with Gasteiger partial charge in [-0.05, 0) is 35.7 Å². The lowest BCUT2D eigenvalue weighted by molar-refractivity contribution is -0.384. The Morgan fingerprint density at radius 2 is 1.79 bits per heavy atom. The molecule has 1 aromatic heterocycles. The van der Waals surface area contributed by atoms with Crippen LogP contribution in [0.25, 0.3) is 21.6 Å². The van der Waals surface area contributed by atoms with E-state index in [-0.39, 0.29) is 5.69 Å². The first-order valence-electron chi connectivity index (χ1n) is 7.21. The van der Waals surface area contributed by atoms with Crippen LogP contribution in [0.2, 0.25) is 0 Å². The van der Waals surface area contributed by atoms with E-state index >= 15 is 0 Å². The van der Waals surface area contributed by atoms with Gasteiger partial charge in [0.05, 0.1) is 20.4 Å². The lowest BCUT2D eigenvalue weighted by atomic mass is 10.0. The van der Waals surface area contributed by atoms with Crippen molar-refractivity contribution < 1.29 is 9.72 Å². The first-order chi connectivity index (χ1) is 11.5. The van der Waals surface area contributed by atoms with Crippen LogP contribution < -0.4 is 5.73 Å². The number of nitro groups is 1. The van der Waals surface area contributed by atoms with Crippen molar-refractivity contribution in [3.63, 3.8) is 0 Å². The number of benzene rings is 2. The van der Waals surface area contributed by atoms with Crippen molar-refractivity contribution in [2.75, 3.05) is 5.73 Å². The minimum atomic E-state index is -0.458. The second kappa shape index (κ2) is 6.25. The fourth-order valence-electron chi connectivity index (χ4n) is 2.62. The van der Waals surface area contributed by atoms with Gasteiger partial charge in [-0.1, -0.05) is 24.3 Å². The van der Waals surface area contributed by atoms with Crippen molar-refractivity contribution in [3.05, 3.63) is 69.1 Å². The molecule has 3 rings (SSSR count). The van der Waals surface area contributed by atoms with Gasteiger partial charge in [0.25, 0.3) is 5.69 Å². The van der Waals surface area contributed by atoms with Crippen molar-refractivity contribution in [1.29, 1.82) is 0 Å². The zero-order valence-electron chi connectivity index (χ0n) is 12.9. The topological polar surface area (TPSA) is 86.2 Å². The largest absolute Gasteiger partial charge is 0.397 e. The van der Waals surface area contributed by atoms with Gasteiger partial charge in [-0.3, -0.25) is 14.9 Å². The molecule has 0 unspecified atom stereocenters. The minimum absolute atomic E-state index is 0.000619. The highest BCUT2D eigenvalue weighted by Crippen LogP contribution is 2.44. The maximum Gasteiger partial charge on any atom is 0.269 e. The molecule has 0 aliphatic carbocycles. The first kappa shape index (κ1) is 15.9. The lowest BCUT2D eigenvalue weighted by Crippen LogP contribution is -1.92. The van der Waals surface area contributed by atoms with Crippen molar-refractivity contribution in [1.82, 2.24) is 0 Å². The number of non-ortho nitro benzene ring substituents is 1. The molecule has 0 saturated carbocycles. The number of aryl methyl sites for hydroxylation is 1. The molecule has 0 amide bonds. The van der Waals surface area contributed by atoms with Crippen LogP contribution in [0.4, 0.5) is 11.4 Å². The third-order valence-corrected chi connectivity index (χ3v) is 5.00. The van der Waals surface area contributed by atoms with Gasteiger partial charge >= 0.3 is 0 Å². The van der Waals surface area contributed by atoms with Crippen LogP contribution in [0.5, 0.6) is 0 Å². The molecule has 0 aliphatic heterocycles. The third-order valence-electron chi connectivity index (χ3n) is 3.84. The predicted molar refractivity (Wildman–Crippen MR) is 96.4 cm³/mol. The lowest BCUT2D eigenvalue weighted by Gasteiger charge is -2.06. The fourth-order valence-corrected chi connectivity index (χ4v) is 3.77. The number of nitrogens with two attached hydrogens (primary N) is 1. The summed E-state index contributed by atoms with van der Waals surface area (Å²) in [4.78, 5) is 23.2. The number of thiophene rings is 1. The molecule has 24 heavy (non-hydrogen) atoms. The van der Waals surface area contributed by atoms with Crippen molar-refractivity contribution >= 4 is 29.0 Å². The zero-order chi connectivity index (χ0) is 17.3. The summed E-state index contributed by atoms with van der Waals surface area (Å²) in [5.74, 6) is 0. The molecule has 0 radical (unpaired) electrons. The predicted octanol–water partition coefficient (Wildman–Crippen LogP) is 4.69. The minimum Gasteiger partial charge on any atom is -0.397 e. The second-order valence-electron chi connectivity index (χ2n) is 5.32. The molecular weight excluding hydrogens is 324 g/mol. The van der Waals surface area contributed by atoms with Crippen LogP contribution in [0.3, 0.4) is 0 Å². The Kier molecular flexibility index (Phi) is 4.14. The first-order valence-corrected chi connectivity index (χ1v) is 8.03. The zero-order valence-corrected chi connectivity index (χ0v) is 13.7. The van der Waals surface area contributed by atoms with E-state index in [1.165, 1.54) is 23.5 Å². The summed E-state index contributed by atoms with van der Waals surface area (Å²) in [6.45, 7) is 1.99. The second-order valence-corrected chi connectivity index (χ2v) is 6.37. The van der Waals surface area contributed by atoms with Crippen LogP contribution in [-0.2, 0) is 0 Å². The van der Waals surface area contributed by atoms with Gasteiger partial charge in [-0.15, -0.1) is 11.3 Å². The Morgan fingerprint density at radius 3 is 2.38 bits per heavy atom. The molecule has 0 spiro atoms. The van der Waals surface area contributed by atoms with Gasteiger partial charge in [0, 0.05) is 17.7 Å². The monoisotopic (exact) mass is 338 g/mol. The van der Waals surface area contributed by atoms with E-state index in [4.69, 9.17) is 5.73 Å². The molecule has 0 bridgehead atoms. The van der Waals surface area contributed by atoms with Crippen LogP contribution in [0, 0.1) is 17.0 Å². The summed E-state index contributed by atoms with van der Waals surface area (Å²) in [5, 5.41) is 10.8. The molecule has 6 heteroatoms. The number of rotatable bonds is 4. The number of carbonyl (C=O) groups excluding carboxylic acids is 1. The van der Waals surface area contributed by atoms with E-state index < -0.39 is 4.92 Å². The number of nitrogens with zero attached hydrogens (tertiary/aromatic N) is 1. The summed E-state index contributed by atoms with van der Waals surface area (Å²) < 4.78 is 0. The Bertz CT molecular complexity index is 930. The Balaban J connectivity index is 2.17. The SMILES string of the molecule is Cc1ccccc1-c1sc(C=O)c(-c2ccc([N+](=O)[O-])cc2)c1N. The molecule has 2 N–H and O–H groups in total. The van der Waals surface area contributed by atoms with Crippen molar-refractivity contribution in [3.8, 4) is 21.6 Å². The van der Waals surface area contributed by atoms with Crippen LogP contribution in [0.15, 0.2) is 48.5 Å². The molecule has 0 fully saturated rings. The fraction of sp³-hybridized carbons (Fsp3) is 0.0556. The Labute approximate surface area is 142 Å². The summed E-state index contributed by atoms with van der Waals surface area (Å²) in [5.41, 5.74) is 10.2. The van der Waals surface area contributed by atoms with Crippen LogP contribution >= 0.6 is 11.3 Å². The highest BCUT2D eigenvalue weighted by Gasteiger charge is 2.19. The highest BCUT2D eigenvalue weighted by atomic mass is 32.1. The highest BCUT2D eigenvalue weighted by molar-refractivity contribution is 7.18. The number of anilines is 1. The maximum atomic E-state index is 11.5. The number of hydrogen-bond acceptors (Lipinski definition) is 5. The van der Waals surface area contributed by atoms with E-state index in [1.54, 1.807) is 12.1 Å². The summed E-state index contributed by atoms with van der Waals surface area (Å²) in [6.07, 6.45) is 0.777. The van der Waals surface area contributed by atoms with Crippen molar-refractivity contribution in [2.45, 2.75) is 6.92 Å². The van der Waals surface area contributed by atoms with Crippen molar-refractivity contribution in [2.24, 2.45) is 0 Å². The van der Waals surface area contributed by atoms with Gasteiger partial charge in [0.2, 0.25) is 0 Å². The maximum absolute atomic E-state index is 11.5. The average Bonchev–Trinajstić information content (AvgIpc) is 2.92. The summed E-state index contributed by atoms with van der Waals surface area (Å²) >= 11 is 1.33. The number of carbonyl (C=O) groups is 1. The van der Waals surface area contributed by atoms with Gasteiger partial charge in [0.15, 0.2) is 6.29 Å². The van der Waals surface area contributed by atoms with E-state index in [1.807, 2.05) is 31.2 Å². The smallest absolute Gasteiger partial charge is 0.269 e. The quantitative estimate of drug-likeness (QED) is 0.424. The normalized spacial score (nSPS) is 10.5. The Morgan fingerprint density at radius 1 is 1.12 bits per heavy atom. The molecule has 120 valence electrons. The molecule has 5 nitrogen and oxygen atoms in total. The number of nitro benzene ring substituents is 1. The van der Waals surface area contributed by atoms with Gasteiger partial charge in [0.1, 0.15) is 0 Å². The number of aldehydes is 1. The van der Waals surface area contributed by atoms with Gasteiger partial charge in [-0.2, -0.15) is 0 Å². The molecule has 3 aromatic rings. The van der Waals surface area contributed by atoms with Crippen LogP contribution in [-0.4, -0.2) is 11.2 Å². The van der Waals surface area contributed by atoms with Crippen LogP contribution in [0.1, 0.15) is 15.2 Å².